The van der Waals surface area contributed by atoms with E-state index in [1.54, 1.807) is 31.4 Å². The smallest absolute Gasteiger partial charge is 0.259 e. The van der Waals surface area contributed by atoms with Gasteiger partial charge in [0.1, 0.15) is 5.75 Å². The average molecular weight is 469 g/mol. The Labute approximate surface area is 161 Å². The van der Waals surface area contributed by atoms with E-state index < -0.39 is 5.91 Å². The van der Waals surface area contributed by atoms with E-state index >= 15 is 0 Å². The zero-order valence-electron chi connectivity index (χ0n) is 13.3. The Morgan fingerprint density at radius 1 is 1.16 bits per heavy atom. The molecule has 0 bridgehead atoms. The second-order valence-electron chi connectivity index (χ2n) is 4.87. The van der Waals surface area contributed by atoms with Crippen molar-refractivity contribution in [1.29, 1.82) is 0 Å². The number of hydrazone groups is 1. The van der Waals surface area contributed by atoms with Gasteiger partial charge in [0.25, 0.3) is 11.8 Å². The van der Waals surface area contributed by atoms with Crippen LogP contribution in [0.15, 0.2) is 56.5 Å². The number of hydrogen-bond acceptors (Lipinski definition) is 4. The second kappa shape index (κ2) is 9.33. The molecule has 0 aliphatic heterocycles. The fourth-order valence-electron chi connectivity index (χ4n) is 1.91. The summed E-state index contributed by atoms with van der Waals surface area (Å²) in [6, 6.07) is 12.3. The fraction of sp³-hybridized carbons (Fsp3) is 0.118. The molecule has 0 radical (unpaired) electrons. The van der Waals surface area contributed by atoms with Gasteiger partial charge in [0.2, 0.25) is 0 Å². The molecule has 6 nitrogen and oxygen atoms in total. The lowest BCUT2D eigenvalue weighted by Gasteiger charge is -2.06. The highest BCUT2D eigenvalue weighted by Crippen LogP contribution is 2.21. The van der Waals surface area contributed by atoms with Crippen molar-refractivity contribution in [2.24, 2.45) is 5.10 Å². The Kier molecular flexibility index (Phi) is 7.15. The van der Waals surface area contributed by atoms with Gasteiger partial charge in [-0.3, -0.25) is 9.59 Å². The summed E-state index contributed by atoms with van der Waals surface area (Å²) in [5, 5.41) is 6.40. The first-order valence-corrected chi connectivity index (χ1v) is 8.77. The van der Waals surface area contributed by atoms with E-state index in [-0.39, 0.29) is 12.5 Å². The minimum atomic E-state index is -0.437. The number of carbonyl (C=O) groups excluding carboxylic acids is 2. The van der Waals surface area contributed by atoms with Gasteiger partial charge in [-0.05, 0) is 36.4 Å². The first-order chi connectivity index (χ1) is 12.0. The predicted molar refractivity (Wildman–Crippen MR) is 103 cm³/mol. The lowest BCUT2D eigenvalue weighted by Crippen LogP contribution is -2.34. The lowest BCUT2D eigenvalue weighted by molar-refractivity contribution is -0.120. The highest BCUT2D eigenvalue weighted by molar-refractivity contribution is 9.10. The molecule has 8 heteroatoms. The number of methoxy groups -OCH3 is 1. The molecule has 0 atom stereocenters. The van der Waals surface area contributed by atoms with Crippen molar-refractivity contribution in [3.05, 3.63) is 62.5 Å². The maximum absolute atomic E-state index is 11.9. The van der Waals surface area contributed by atoms with Gasteiger partial charge < -0.3 is 10.1 Å². The fourth-order valence-corrected chi connectivity index (χ4v) is 2.69. The van der Waals surface area contributed by atoms with Crippen LogP contribution in [-0.2, 0) is 4.79 Å². The van der Waals surface area contributed by atoms with E-state index in [9.17, 15) is 9.59 Å². The van der Waals surface area contributed by atoms with Crippen LogP contribution in [0.3, 0.4) is 0 Å². The summed E-state index contributed by atoms with van der Waals surface area (Å²) in [5.41, 5.74) is 3.52. The zero-order valence-corrected chi connectivity index (χ0v) is 16.4. The van der Waals surface area contributed by atoms with Gasteiger partial charge >= 0.3 is 0 Å². The van der Waals surface area contributed by atoms with Gasteiger partial charge in [-0.15, -0.1) is 0 Å². The third-order valence-electron chi connectivity index (χ3n) is 3.08. The minimum absolute atomic E-state index is 0.182. The maximum Gasteiger partial charge on any atom is 0.259 e. The van der Waals surface area contributed by atoms with Crippen LogP contribution in [0.2, 0.25) is 0 Å². The molecule has 25 heavy (non-hydrogen) atoms. The molecule has 130 valence electrons. The molecule has 0 heterocycles. The van der Waals surface area contributed by atoms with E-state index in [0.29, 0.717) is 16.9 Å². The van der Waals surface area contributed by atoms with E-state index in [0.717, 1.165) is 8.95 Å². The summed E-state index contributed by atoms with van der Waals surface area (Å²) in [6.45, 7) is -0.182. The highest BCUT2D eigenvalue weighted by Gasteiger charge is 2.08. The van der Waals surface area contributed by atoms with E-state index in [4.69, 9.17) is 4.74 Å². The maximum atomic E-state index is 11.9. The highest BCUT2D eigenvalue weighted by atomic mass is 79.9. The van der Waals surface area contributed by atoms with Crippen LogP contribution in [0.1, 0.15) is 15.9 Å². The summed E-state index contributed by atoms with van der Waals surface area (Å²) in [7, 11) is 1.55. The number of hydrogen-bond donors (Lipinski definition) is 2. The third-order valence-corrected chi connectivity index (χ3v) is 4.07. The molecule has 2 aromatic carbocycles. The second-order valence-corrected chi connectivity index (χ2v) is 6.70. The molecule has 0 saturated carbocycles. The van der Waals surface area contributed by atoms with Gasteiger partial charge in [0, 0.05) is 20.1 Å². The lowest BCUT2D eigenvalue weighted by atomic mass is 10.2. The largest absolute Gasteiger partial charge is 0.496 e. The number of nitrogens with one attached hydrogen (secondary N) is 2. The molecule has 2 aromatic rings. The first-order valence-electron chi connectivity index (χ1n) is 7.19. The van der Waals surface area contributed by atoms with Crippen LogP contribution >= 0.6 is 31.9 Å². The van der Waals surface area contributed by atoms with E-state index in [1.165, 1.54) is 6.21 Å². The Balaban J connectivity index is 1.86. The SMILES string of the molecule is COc1ccc(Br)cc1/C=N/NC(=O)CNC(=O)c1cccc(Br)c1. The number of amides is 2. The number of carbonyl (C=O) groups is 2. The molecule has 2 N–H and O–H groups in total. The zero-order chi connectivity index (χ0) is 18.2. The van der Waals surface area contributed by atoms with Gasteiger partial charge in [-0.2, -0.15) is 5.10 Å². The van der Waals surface area contributed by atoms with Crippen molar-refractivity contribution in [3.63, 3.8) is 0 Å². The number of nitrogens with zero attached hydrogens (tertiary/aromatic N) is 1. The summed E-state index contributed by atoms with van der Waals surface area (Å²) in [4.78, 5) is 23.7. The van der Waals surface area contributed by atoms with Gasteiger partial charge in [-0.1, -0.05) is 37.9 Å². The average Bonchev–Trinajstić information content (AvgIpc) is 2.60. The van der Waals surface area contributed by atoms with Crippen molar-refractivity contribution in [2.45, 2.75) is 0 Å². The molecule has 0 aliphatic rings. The van der Waals surface area contributed by atoms with Crippen molar-refractivity contribution in [1.82, 2.24) is 10.7 Å². The summed E-state index contributed by atoms with van der Waals surface area (Å²) >= 11 is 6.65. The molecule has 0 unspecified atom stereocenters. The molecule has 0 spiro atoms. The van der Waals surface area contributed by atoms with Gasteiger partial charge in [-0.25, -0.2) is 5.43 Å². The molecular formula is C17H15Br2N3O3. The third kappa shape index (κ3) is 5.99. The topological polar surface area (TPSA) is 79.8 Å². The molecule has 2 rings (SSSR count). The van der Waals surface area contributed by atoms with Crippen molar-refractivity contribution >= 4 is 49.9 Å². The minimum Gasteiger partial charge on any atom is -0.496 e. The van der Waals surface area contributed by atoms with Crippen LogP contribution in [0.25, 0.3) is 0 Å². The van der Waals surface area contributed by atoms with Crippen LogP contribution in [0.5, 0.6) is 5.75 Å². The Morgan fingerprint density at radius 2 is 1.92 bits per heavy atom. The van der Waals surface area contributed by atoms with Gasteiger partial charge in [0.15, 0.2) is 0 Å². The normalized spacial score (nSPS) is 10.5. The summed E-state index contributed by atoms with van der Waals surface area (Å²) in [6.07, 6.45) is 1.47. The number of benzene rings is 2. The van der Waals surface area contributed by atoms with Crippen LogP contribution < -0.4 is 15.5 Å². The standard InChI is InChI=1S/C17H15Br2N3O3/c1-25-15-6-5-14(19)8-12(15)9-21-22-16(23)10-20-17(24)11-3-2-4-13(18)7-11/h2-9H,10H2,1H3,(H,20,24)(H,22,23)/b21-9+. The predicted octanol–water partition coefficient (Wildman–Crippen LogP) is 3.10. The summed E-state index contributed by atoms with van der Waals surface area (Å²) < 4.78 is 6.86. The number of rotatable bonds is 6. The Hall–Kier alpha value is -2.19. The molecule has 0 aromatic heterocycles. The van der Waals surface area contributed by atoms with Crippen LogP contribution in [0, 0.1) is 0 Å². The van der Waals surface area contributed by atoms with Crippen molar-refractivity contribution in [3.8, 4) is 5.75 Å². The van der Waals surface area contributed by atoms with Crippen molar-refractivity contribution < 1.29 is 14.3 Å². The molecule has 0 saturated heterocycles. The van der Waals surface area contributed by atoms with Crippen molar-refractivity contribution in [2.75, 3.05) is 13.7 Å². The van der Waals surface area contributed by atoms with Gasteiger partial charge in [0.05, 0.1) is 19.9 Å². The summed E-state index contributed by atoms with van der Waals surface area (Å²) in [5.74, 6) is -0.146. The van der Waals surface area contributed by atoms with E-state index in [1.807, 2.05) is 18.2 Å². The van der Waals surface area contributed by atoms with Crippen LogP contribution in [-0.4, -0.2) is 31.7 Å². The monoisotopic (exact) mass is 467 g/mol. The number of ether oxygens (including phenoxy) is 1. The Bertz CT molecular complexity index is 809. The molecular weight excluding hydrogens is 454 g/mol. The first kappa shape index (κ1) is 19.1. The molecule has 2 amide bonds. The molecule has 0 fully saturated rings. The number of halogens is 2. The quantitative estimate of drug-likeness (QED) is 0.505. The Morgan fingerprint density at radius 3 is 2.64 bits per heavy atom. The van der Waals surface area contributed by atoms with E-state index in [2.05, 4.69) is 47.7 Å². The van der Waals surface area contributed by atoms with Crippen LogP contribution in [0.4, 0.5) is 0 Å². The molecule has 0 aliphatic carbocycles.